The molecule has 0 spiro atoms. The van der Waals surface area contributed by atoms with Gasteiger partial charge in [0, 0.05) is 42.2 Å². The van der Waals surface area contributed by atoms with Crippen molar-refractivity contribution in [1.29, 1.82) is 0 Å². The van der Waals surface area contributed by atoms with E-state index in [-0.39, 0.29) is 11.4 Å². The Labute approximate surface area is 161 Å². The molecule has 0 saturated carbocycles. The summed E-state index contributed by atoms with van der Waals surface area (Å²) in [5, 5.41) is 2.15. The third kappa shape index (κ3) is 4.18. The highest BCUT2D eigenvalue weighted by Crippen LogP contribution is 2.36. The van der Waals surface area contributed by atoms with Crippen molar-refractivity contribution in [3.05, 3.63) is 52.7 Å². The molecular weight excluding hydrogens is 340 g/mol. The first-order chi connectivity index (χ1) is 12.7. The third-order valence-electron chi connectivity index (χ3n) is 5.74. The summed E-state index contributed by atoms with van der Waals surface area (Å²) < 4.78 is 0. The van der Waals surface area contributed by atoms with Gasteiger partial charge in [-0.2, -0.15) is 0 Å². The number of para-hydroxylation sites is 1. The highest BCUT2D eigenvalue weighted by atomic mass is 32.1. The van der Waals surface area contributed by atoms with Crippen LogP contribution in [0.25, 0.3) is 0 Å². The maximum Gasteiger partial charge on any atom is 0.227 e. The number of carbonyl (C=O) groups is 1. The van der Waals surface area contributed by atoms with Crippen LogP contribution in [-0.2, 0) is 11.2 Å². The van der Waals surface area contributed by atoms with Crippen LogP contribution in [0.4, 0.5) is 5.69 Å². The van der Waals surface area contributed by atoms with Gasteiger partial charge in [-0.1, -0.05) is 38.1 Å². The largest absolute Gasteiger partial charge is 0.306 e. The van der Waals surface area contributed by atoms with Crippen molar-refractivity contribution in [3.63, 3.8) is 0 Å². The zero-order valence-electron chi connectivity index (χ0n) is 16.0. The van der Waals surface area contributed by atoms with Gasteiger partial charge in [-0.05, 0) is 49.3 Å². The lowest BCUT2D eigenvalue weighted by molar-refractivity contribution is -0.120. The van der Waals surface area contributed by atoms with E-state index in [1.807, 2.05) is 36.5 Å². The van der Waals surface area contributed by atoms with E-state index in [2.05, 4.69) is 46.4 Å². The molecule has 3 nitrogen and oxygen atoms in total. The van der Waals surface area contributed by atoms with Gasteiger partial charge in [0.25, 0.3) is 0 Å². The van der Waals surface area contributed by atoms with Crippen molar-refractivity contribution >= 4 is 22.9 Å². The molecule has 0 aliphatic carbocycles. The van der Waals surface area contributed by atoms with Gasteiger partial charge in [0.1, 0.15) is 0 Å². The van der Waals surface area contributed by atoms with Crippen LogP contribution in [-0.4, -0.2) is 36.0 Å². The van der Waals surface area contributed by atoms with E-state index in [0.717, 1.165) is 51.0 Å². The maximum atomic E-state index is 12.9. The lowest BCUT2D eigenvalue weighted by Gasteiger charge is -2.48. The molecule has 1 amide bonds. The normalized spacial score (nSPS) is 17.2. The number of carbonyl (C=O) groups excluding carboxylic acids is 1. The van der Waals surface area contributed by atoms with Crippen molar-refractivity contribution in [2.24, 2.45) is 0 Å². The van der Waals surface area contributed by atoms with Gasteiger partial charge in [-0.3, -0.25) is 4.79 Å². The van der Waals surface area contributed by atoms with Crippen LogP contribution in [0.3, 0.4) is 0 Å². The molecule has 0 N–H and O–H groups in total. The molecule has 1 fully saturated rings. The maximum absolute atomic E-state index is 12.9. The summed E-state index contributed by atoms with van der Waals surface area (Å²) in [5.74, 6) is 0.241. The van der Waals surface area contributed by atoms with Crippen molar-refractivity contribution in [1.82, 2.24) is 4.90 Å². The first-order valence-corrected chi connectivity index (χ1v) is 10.7. The smallest absolute Gasteiger partial charge is 0.227 e. The molecule has 1 aliphatic heterocycles. The average Bonchev–Trinajstić information content (AvgIpc) is 3.22. The van der Waals surface area contributed by atoms with Gasteiger partial charge in [0.2, 0.25) is 5.91 Å². The molecule has 0 bridgehead atoms. The highest BCUT2D eigenvalue weighted by molar-refractivity contribution is 7.09. The first-order valence-electron chi connectivity index (χ1n) is 9.81. The van der Waals surface area contributed by atoms with Crippen molar-refractivity contribution in [2.45, 2.75) is 51.5 Å². The van der Waals surface area contributed by atoms with Gasteiger partial charge in [0.05, 0.1) is 0 Å². The minimum absolute atomic E-state index is 0.0477. The van der Waals surface area contributed by atoms with Crippen LogP contribution in [0, 0.1) is 0 Å². The fourth-order valence-electron chi connectivity index (χ4n) is 4.07. The summed E-state index contributed by atoms with van der Waals surface area (Å²) in [5.41, 5.74) is 1.00. The topological polar surface area (TPSA) is 23.6 Å². The standard InChI is InChI=1S/C22H30N2OS/c1-3-21(25)24(19-9-6-5-7-10-19)22(4-2)13-16-23(17-14-22)15-12-20-11-8-18-26-20/h5-11,18H,3-4,12-17H2,1-2H3. The lowest BCUT2D eigenvalue weighted by Crippen LogP contribution is -2.57. The molecule has 1 saturated heterocycles. The number of likely N-dealkylation sites (tertiary alicyclic amines) is 1. The lowest BCUT2D eigenvalue weighted by atomic mass is 9.82. The van der Waals surface area contributed by atoms with Crippen molar-refractivity contribution in [3.8, 4) is 0 Å². The van der Waals surface area contributed by atoms with Crippen LogP contribution in [0.15, 0.2) is 47.8 Å². The summed E-state index contributed by atoms with van der Waals surface area (Å²) in [6, 6.07) is 14.6. The molecular formula is C22H30N2OS. The Balaban J connectivity index is 1.70. The van der Waals surface area contributed by atoms with Crippen molar-refractivity contribution < 1.29 is 4.79 Å². The Bertz CT molecular complexity index is 675. The molecule has 1 aromatic heterocycles. The van der Waals surface area contributed by atoms with Gasteiger partial charge in [0.15, 0.2) is 0 Å². The Morgan fingerprint density at radius 2 is 1.85 bits per heavy atom. The molecule has 0 atom stereocenters. The number of rotatable bonds is 7. The van der Waals surface area contributed by atoms with E-state index >= 15 is 0 Å². The van der Waals surface area contributed by atoms with E-state index in [0.29, 0.717) is 6.42 Å². The average molecular weight is 371 g/mol. The number of piperidine rings is 1. The number of amides is 1. The Morgan fingerprint density at radius 3 is 2.42 bits per heavy atom. The van der Waals surface area contributed by atoms with E-state index < -0.39 is 0 Å². The summed E-state index contributed by atoms with van der Waals surface area (Å²) in [7, 11) is 0. The monoisotopic (exact) mass is 370 g/mol. The zero-order chi connectivity index (χ0) is 18.4. The number of nitrogens with zero attached hydrogens (tertiary/aromatic N) is 2. The van der Waals surface area contributed by atoms with Crippen molar-refractivity contribution in [2.75, 3.05) is 24.5 Å². The van der Waals surface area contributed by atoms with Crippen LogP contribution in [0.1, 0.15) is 44.4 Å². The molecule has 0 radical (unpaired) electrons. The van der Waals surface area contributed by atoms with Crippen LogP contribution in [0.2, 0.25) is 0 Å². The Kier molecular flexibility index (Phi) is 6.49. The fraction of sp³-hybridized carbons (Fsp3) is 0.500. The second kappa shape index (κ2) is 8.83. The highest BCUT2D eigenvalue weighted by Gasteiger charge is 2.41. The second-order valence-electron chi connectivity index (χ2n) is 7.17. The zero-order valence-corrected chi connectivity index (χ0v) is 16.8. The SMILES string of the molecule is CCC(=O)N(c1ccccc1)C1(CC)CCN(CCc2cccs2)CC1. The quantitative estimate of drug-likeness (QED) is 0.686. The molecule has 2 aromatic rings. The predicted molar refractivity (Wildman–Crippen MR) is 111 cm³/mol. The van der Waals surface area contributed by atoms with E-state index in [1.165, 1.54) is 4.88 Å². The summed E-state index contributed by atoms with van der Waals surface area (Å²) >= 11 is 1.85. The fourth-order valence-corrected chi connectivity index (χ4v) is 4.77. The summed E-state index contributed by atoms with van der Waals surface area (Å²) in [4.78, 5) is 19.0. The molecule has 4 heteroatoms. The summed E-state index contributed by atoms with van der Waals surface area (Å²) in [6.07, 6.45) is 4.79. The van der Waals surface area contributed by atoms with Gasteiger partial charge >= 0.3 is 0 Å². The molecule has 1 aromatic carbocycles. The molecule has 0 unspecified atom stereocenters. The van der Waals surface area contributed by atoms with E-state index in [9.17, 15) is 4.79 Å². The van der Waals surface area contributed by atoms with E-state index in [4.69, 9.17) is 0 Å². The first kappa shape index (κ1) is 19.1. The number of thiophene rings is 1. The van der Waals surface area contributed by atoms with Gasteiger partial charge < -0.3 is 9.80 Å². The molecule has 1 aliphatic rings. The minimum atomic E-state index is -0.0477. The number of hydrogen-bond donors (Lipinski definition) is 0. The molecule has 2 heterocycles. The molecule has 26 heavy (non-hydrogen) atoms. The Hall–Kier alpha value is -1.65. The van der Waals surface area contributed by atoms with Crippen LogP contribution in [0.5, 0.6) is 0 Å². The summed E-state index contributed by atoms with van der Waals surface area (Å²) in [6.45, 7) is 7.46. The van der Waals surface area contributed by atoms with Gasteiger partial charge in [-0.15, -0.1) is 11.3 Å². The number of hydrogen-bond acceptors (Lipinski definition) is 3. The minimum Gasteiger partial charge on any atom is -0.306 e. The third-order valence-corrected chi connectivity index (χ3v) is 6.68. The molecule has 3 rings (SSSR count). The second-order valence-corrected chi connectivity index (χ2v) is 8.20. The van der Waals surface area contributed by atoms with Gasteiger partial charge in [-0.25, -0.2) is 0 Å². The number of anilines is 1. The Morgan fingerprint density at radius 1 is 1.12 bits per heavy atom. The van der Waals surface area contributed by atoms with E-state index in [1.54, 1.807) is 0 Å². The van der Waals surface area contributed by atoms with Crippen LogP contribution < -0.4 is 4.90 Å². The molecule has 140 valence electrons. The predicted octanol–water partition coefficient (Wildman–Crippen LogP) is 4.98. The van der Waals surface area contributed by atoms with Crippen LogP contribution >= 0.6 is 11.3 Å². The number of benzene rings is 1.